The van der Waals surface area contributed by atoms with Gasteiger partial charge in [0.25, 0.3) is 0 Å². The molecule has 1 aliphatic rings. The maximum atomic E-state index is 12.1. The summed E-state index contributed by atoms with van der Waals surface area (Å²) in [6.45, 7) is 4.53. The lowest BCUT2D eigenvalue weighted by Crippen LogP contribution is -2.02. The molecular formula is C21H40O. The lowest BCUT2D eigenvalue weighted by atomic mass is 10.0. The van der Waals surface area contributed by atoms with Crippen LogP contribution in [0.2, 0.25) is 0 Å². The number of hydrogen-bond donors (Lipinski definition) is 0. The fourth-order valence-corrected chi connectivity index (χ4v) is 3.59. The molecule has 1 saturated carbocycles. The van der Waals surface area contributed by atoms with Gasteiger partial charge in [-0.2, -0.15) is 0 Å². The molecule has 0 N–H and O–H groups in total. The fraction of sp³-hybridized carbons (Fsp3) is 0.952. The summed E-state index contributed by atoms with van der Waals surface area (Å²) in [5.74, 6) is 1.82. The molecule has 0 spiro atoms. The van der Waals surface area contributed by atoms with Crippen molar-refractivity contribution in [3.05, 3.63) is 0 Å². The molecule has 1 nitrogen and oxygen atoms in total. The van der Waals surface area contributed by atoms with Crippen molar-refractivity contribution in [2.75, 3.05) is 0 Å². The molecule has 22 heavy (non-hydrogen) atoms. The van der Waals surface area contributed by atoms with Gasteiger partial charge in [-0.1, -0.05) is 90.9 Å². The van der Waals surface area contributed by atoms with Gasteiger partial charge in [0.1, 0.15) is 5.78 Å². The fourth-order valence-electron chi connectivity index (χ4n) is 3.59. The van der Waals surface area contributed by atoms with Crippen molar-refractivity contribution < 1.29 is 4.79 Å². The van der Waals surface area contributed by atoms with E-state index in [9.17, 15) is 4.79 Å². The first-order valence-electron chi connectivity index (χ1n) is 10.3. The molecule has 1 fully saturated rings. The van der Waals surface area contributed by atoms with Gasteiger partial charge in [0, 0.05) is 12.3 Å². The van der Waals surface area contributed by atoms with Gasteiger partial charge in [-0.05, 0) is 25.2 Å². The molecule has 0 radical (unpaired) electrons. The van der Waals surface area contributed by atoms with E-state index in [1.54, 1.807) is 0 Å². The Kier molecular flexibility index (Phi) is 11.8. The van der Waals surface area contributed by atoms with Gasteiger partial charge in [-0.3, -0.25) is 4.79 Å². The lowest BCUT2D eigenvalue weighted by molar-refractivity contribution is -0.120. The Morgan fingerprint density at radius 3 is 1.82 bits per heavy atom. The van der Waals surface area contributed by atoms with Gasteiger partial charge in [-0.15, -0.1) is 0 Å². The van der Waals surface area contributed by atoms with E-state index in [0.717, 1.165) is 18.8 Å². The van der Waals surface area contributed by atoms with E-state index >= 15 is 0 Å². The van der Waals surface area contributed by atoms with Crippen LogP contribution in [0.25, 0.3) is 0 Å². The van der Waals surface area contributed by atoms with E-state index < -0.39 is 0 Å². The van der Waals surface area contributed by atoms with Crippen LogP contribution >= 0.6 is 0 Å². The Hall–Kier alpha value is -0.330. The van der Waals surface area contributed by atoms with Crippen LogP contribution in [0.5, 0.6) is 0 Å². The van der Waals surface area contributed by atoms with E-state index in [4.69, 9.17) is 0 Å². The van der Waals surface area contributed by atoms with E-state index in [1.165, 1.54) is 89.9 Å². The maximum Gasteiger partial charge on any atom is 0.136 e. The Morgan fingerprint density at radius 1 is 0.727 bits per heavy atom. The highest BCUT2D eigenvalue weighted by molar-refractivity contribution is 5.83. The van der Waals surface area contributed by atoms with Gasteiger partial charge in [-0.25, -0.2) is 0 Å². The van der Waals surface area contributed by atoms with Crippen molar-refractivity contribution >= 4 is 5.78 Å². The van der Waals surface area contributed by atoms with Gasteiger partial charge < -0.3 is 0 Å². The topological polar surface area (TPSA) is 17.1 Å². The van der Waals surface area contributed by atoms with Crippen molar-refractivity contribution in [3.63, 3.8) is 0 Å². The van der Waals surface area contributed by atoms with Crippen LogP contribution in [-0.2, 0) is 4.79 Å². The monoisotopic (exact) mass is 308 g/mol. The minimum absolute atomic E-state index is 0.468. The summed E-state index contributed by atoms with van der Waals surface area (Å²) in [5.41, 5.74) is 0. The first-order valence-corrected chi connectivity index (χ1v) is 10.3. The van der Waals surface area contributed by atoms with Gasteiger partial charge in [0.15, 0.2) is 0 Å². The number of carbonyl (C=O) groups is 1. The first-order chi connectivity index (χ1) is 10.8. The molecular weight excluding hydrogens is 268 g/mol. The molecule has 0 aromatic rings. The van der Waals surface area contributed by atoms with Crippen LogP contribution in [-0.4, -0.2) is 5.78 Å². The standard InChI is InChI=1S/C21H40O/c1-3-5-7-9-10-11-12-13-15-17-21(22)20-18-19(20)16-14-8-6-4-2/h19-20H,3-18H2,1-2H3/t19-,20-/m1/s1. The van der Waals surface area contributed by atoms with Crippen LogP contribution < -0.4 is 0 Å². The summed E-state index contributed by atoms with van der Waals surface area (Å²) in [6.07, 6.45) is 20.9. The number of ketones is 1. The first kappa shape index (κ1) is 19.7. The molecule has 0 aromatic heterocycles. The summed E-state index contributed by atoms with van der Waals surface area (Å²) >= 11 is 0. The number of hydrogen-bond acceptors (Lipinski definition) is 1. The molecule has 130 valence electrons. The molecule has 0 amide bonds. The third kappa shape index (κ3) is 9.64. The van der Waals surface area contributed by atoms with Crippen LogP contribution in [0.4, 0.5) is 0 Å². The molecule has 0 aliphatic heterocycles. The second kappa shape index (κ2) is 13.1. The van der Waals surface area contributed by atoms with Gasteiger partial charge >= 0.3 is 0 Å². The Balaban J connectivity index is 1.84. The second-order valence-electron chi connectivity index (χ2n) is 7.50. The highest BCUT2D eigenvalue weighted by Crippen LogP contribution is 2.44. The normalized spacial score (nSPS) is 20.3. The summed E-state index contributed by atoms with van der Waals surface area (Å²) in [5, 5.41) is 0. The van der Waals surface area contributed by atoms with Crippen molar-refractivity contribution in [1.29, 1.82) is 0 Å². The van der Waals surface area contributed by atoms with Crippen LogP contribution in [0.3, 0.4) is 0 Å². The minimum atomic E-state index is 0.468. The highest BCUT2D eigenvalue weighted by Gasteiger charge is 2.40. The van der Waals surface area contributed by atoms with E-state index in [0.29, 0.717) is 11.7 Å². The number of Topliss-reactive ketones (excluding diaryl/α,β-unsaturated/α-hetero) is 1. The largest absolute Gasteiger partial charge is 0.299 e. The summed E-state index contributed by atoms with van der Waals surface area (Å²) in [7, 11) is 0. The number of unbranched alkanes of at least 4 members (excludes halogenated alkanes) is 11. The third-order valence-electron chi connectivity index (χ3n) is 5.29. The lowest BCUT2D eigenvalue weighted by Gasteiger charge is -2.03. The minimum Gasteiger partial charge on any atom is -0.299 e. The zero-order valence-electron chi connectivity index (χ0n) is 15.4. The summed E-state index contributed by atoms with van der Waals surface area (Å²) in [6, 6.07) is 0. The van der Waals surface area contributed by atoms with Crippen molar-refractivity contribution in [1.82, 2.24) is 0 Å². The van der Waals surface area contributed by atoms with Crippen molar-refractivity contribution in [2.45, 2.75) is 117 Å². The SMILES string of the molecule is CCCCCCCCCCCC(=O)[C@@H]1C[C@H]1CCCCCC. The molecule has 0 unspecified atom stereocenters. The van der Waals surface area contributed by atoms with Crippen molar-refractivity contribution in [2.24, 2.45) is 11.8 Å². The Morgan fingerprint density at radius 2 is 1.23 bits per heavy atom. The van der Waals surface area contributed by atoms with Crippen molar-refractivity contribution in [3.8, 4) is 0 Å². The Labute approximate surface area is 139 Å². The molecule has 1 rings (SSSR count). The highest BCUT2D eigenvalue weighted by atomic mass is 16.1. The molecule has 0 heterocycles. The average Bonchev–Trinajstić information content (AvgIpc) is 3.29. The zero-order chi connectivity index (χ0) is 16.0. The van der Waals surface area contributed by atoms with E-state index in [1.807, 2.05) is 0 Å². The predicted octanol–water partition coefficient (Wildman–Crippen LogP) is 7.08. The molecule has 2 atom stereocenters. The molecule has 0 bridgehead atoms. The third-order valence-corrected chi connectivity index (χ3v) is 5.29. The summed E-state index contributed by atoms with van der Waals surface area (Å²) in [4.78, 5) is 12.1. The maximum absolute atomic E-state index is 12.1. The molecule has 1 aliphatic carbocycles. The zero-order valence-corrected chi connectivity index (χ0v) is 15.4. The second-order valence-corrected chi connectivity index (χ2v) is 7.50. The molecule has 1 heteroatoms. The van der Waals surface area contributed by atoms with E-state index in [2.05, 4.69) is 13.8 Å². The van der Waals surface area contributed by atoms with Crippen LogP contribution in [0, 0.1) is 11.8 Å². The number of carbonyl (C=O) groups excluding carboxylic acids is 1. The summed E-state index contributed by atoms with van der Waals surface area (Å²) < 4.78 is 0. The Bertz CT molecular complexity index is 271. The average molecular weight is 309 g/mol. The van der Waals surface area contributed by atoms with Crippen LogP contribution in [0.1, 0.15) is 117 Å². The smallest absolute Gasteiger partial charge is 0.136 e. The quantitative estimate of drug-likeness (QED) is 0.278. The van der Waals surface area contributed by atoms with Gasteiger partial charge in [0.2, 0.25) is 0 Å². The molecule has 0 saturated heterocycles. The van der Waals surface area contributed by atoms with Gasteiger partial charge in [0.05, 0.1) is 0 Å². The predicted molar refractivity (Wildman–Crippen MR) is 97.2 cm³/mol. The van der Waals surface area contributed by atoms with E-state index in [-0.39, 0.29) is 0 Å². The molecule has 0 aromatic carbocycles. The number of rotatable bonds is 16. The van der Waals surface area contributed by atoms with Crippen LogP contribution in [0.15, 0.2) is 0 Å².